The Kier molecular flexibility index (Phi) is 6.92. The summed E-state index contributed by atoms with van der Waals surface area (Å²) in [6, 6.07) is 45.1. The highest BCUT2D eigenvalue weighted by Crippen LogP contribution is 2.58. The van der Waals surface area contributed by atoms with E-state index in [0.717, 1.165) is 54.4 Å². The minimum atomic E-state index is -0.226. The van der Waals surface area contributed by atoms with Crippen LogP contribution in [0.5, 0.6) is 0 Å². The molecule has 3 atom stereocenters. The molecule has 0 amide bonds. The number of anilines is 8. The van der Waals surface area contributed by atoms with E-state index in [4.69, 9.17) is 9.97 Å². The van der Waals surface area contributed by atoms with Crippen LogP contribution in [0.1, 0.15) is 74.2 Å². The first-order chi connectivity index (χ1) is 27.1. The number of aryl methyl sites for hydroxylation is 1. The van der Waals surface area contributed by atoms with Crippen LogP contribution in [0.3, 0.4) is 0 Å². The molecule has 1 aromatic heterocycles. The van der Waals surface area contributed by atoms with Crippen LogP contribution in [0.2, 0.25) is 0 Å². The lowest BCUT2D eigenvalue weighted by Crippen LogP contribution is -2.48. The molecule has 12 rings (SSSR count). The zero-order valence-corrected chi connectivity index (χ0v) is 33.0. The molecular formula is C50H48N6. The molecule has 0 N–H and O–H groups in total. The van der Waals surface area contributed by atoms with E-state index in [1.54, 1.807) is 0 Å². The second-order valence-corrected chi connectivity index (χ2v) is 18.0. The van der Waals surface area contributed by atoms with E-state index in [-0.39, 0.29) is 28.6 Å². The van der Waals surface area contributed by atoms with Crippen LogP contribution < -0.4 is 19.6 Å². The Labute approximate surface area is 330 Å². The highest BCUT2D eigenvalue weighted by atomic mass is 15.5. The monoisotopic (exact) mass is 732 g/mol. The number of allylic oxidation sites excluding steroid dienone is 1. The van der Waals surface area contributed by atoms with Gasteiger partial charge in [0.05, 0.1) is 22.8 Å². The summed E-state index contributed by atoms with van der Waals surface area (Å²) in [6.45, 7) is 16.1. The third-order valence-electron chi connectivity index (χ3n) is 13.4. The van der Waals surface area contributed by atoms with Crippen molar-refractivity contribution in [2.24, 2.45) is 0 Å². The van der Waals surface area contributed by atoms with Crippen molar-refractivity contribution in [2.45, 2.75) is 88.9 Å². The van der Waals surface area contributed by atoms with Crippen LogP contribution in [0.25, 0.3) is 0 Å². The maximum Gasteiger partial charge on any atom is 0.178 e. The lowest BCUT2D eigenvalue weighted by Gasteiger charge is -2.40. The second-order valence-electron chi connectivity index (χ2n) is 18.0. The van der Waals surface area contributed by atoms with Gasteiger partial charge in [0.15, 0.2) is 11.6 Å². The van der Waals surface area contributed by atoms with Crippen LogP contribution in [0, 0.1) is 6.92 Å². The standard InChI is InChI=1S/C50H48N6/c1-7-50-29-33-21-24-36(25-22-33)54-43(28-42-53(35-16-9-8-10-17-35)40-19-13-14-20-41(40)55(42)38-18-12-11-15-32(38)2)56(39-26-23-34(30-50)27-37(39)50)47-46(54)51-44-45(52-47)49(5,6)31-48(44,3)4/h7-27,42-43H,1,28-31H2,2-6H3. The molecule has 6 nitrogen and oxygen atoms in total. The normalized spacial score (nSPS) is 22.9. The molecule has 5 aromatic carbocycles. The summed E-state index contributed by atoms with van der Waals surface area (Å²) in [7, 11) is 0. The molecule has 6 aromatic rings. The van der Waals surface area contributed by atoms with E-state index < -0.39 is 0 Å². The minimum Gasteiger partial charge on any atom is -0.318 e. The maximum absolute atomic E-state index is 5.80. The average molecular weight is 733 g/mol. The number of benzene rings is 5. The molecule has 6 bridgehead atoms. The van der Waals surface area contributed by atoms with Gasteiger partial charge in [-0.2, -0.15) is 0 Å². The molecule has 2 aliphatic carbocycles. The van der Waals surface area contributed by atoms with Gasteiger partial charge in [0.25, 0.3) is 0 Å². The lowest BCUT2D eigenvalue weighted by atomic mass is 9.76. The topological polar surface area (TPSA) is 38.7 Å². The first-order valence-electron chi connectivity index (χ1n) is 20.2. The summed E-state index contributed by atoms with van der Waals surface area (Å²) in [5, 5.41) is 0. The van der Waals surface area contributed by atoms with Crippen molar-refractivity contribution in [3.05, 3.63) is 168 Å². The van der Waals surface area contributed by atoms with Crippen LogP contribution in [0.4, 0.5) is 45.8 Å². The third-order valence-corrected chi connectivity index (χ3v) is 13.4. The lowest BCUT2D eigenvalue weighted by molar-refractivity contribution is 0.396. The molecule has 0 radical (unpaired) electrons. The van der Waals surface area contributed by atoms with Gasteiger partial charge in [0, 0.05) is 45.4 Å². The summed E-state index contributed by atoms with van der Waals surface area (Å²) < 4.78 is 0. The number of hydrogen-bond donors (Lipinski definition) is 0. The molecule has 0 saturated heterocycles. The van der Waals surface area contributed by atoms with E-state index in [1.807, 2.05) is 0 Å². The van der Waals surface area contributed by atoms with Gasteiger partial charge in [0.2, 0.25) is 0 Å². The Balaban J connectivity index is 1.19. The second kappa shape index (κ2) is 11.6. The summed E-state index contributed by atoms with van der Waals surface area (Å²) >= 11 is 0. The number of rotatable bonds is 5. The Bertz CT molecular complexity index is 2570. The maximum atomic E-state index is 5.80. The Hall–Kier alpha value is -5.88. The molecule has 0 saturated carbocycles. The minimum absolute atomic E-state index is 0.0821. The van der Waals surface area contributed by atoms with E-state index in [1.165, 1.54) is 50.7 Å². The SMILES string of the molecule is C=CC12Cc3ccc(cc3)N3c4nc5c(nc4N(c4ccc(cc41)C2)C3CC1N(c2ccccc2)c2ccccc2N1c1ccccc1C)C(C)(C)CC5(C)C. The van der Waals surface area contributed by atoms with Gasteiger partial charge in [-0.1, -0.05) is 107 Å². The molecule has 6 aliphatic rings. The van der Waals surface area contributed by atoms with Gasteiger partial charge >= 0.3 is 0 Å². The van der Waals surface area contributed by atoms with Crippen molar-refractivity contribution < 1.29 is 0 Å². The Morgan fingerprint density at radius 1 is 0.589 bits per heavy atom. The number of hydrogen-bond acceptors (Lipinski definition) is 6. The molecule has 3 unspecified atom stereocenters. The van der Waals surface area contributed by atoms with Gasteiger partial charge < -0.3 is 19.6 Å². The van der Waals surface area contributed by atoms with Gasteiger partial charge in [-0.05, 0) is 97.0 Å². The molecule has 56 heavy (non-hydrogen) atoms. The number of nitrogens with zero attached hydrogens (tertiary/aromatic N) is 6. The summed E-state index contributed by atoms with van der Waals surface area (Å²) in [4.78, 5) is 21.8. The van der Waals surface area contributed by atoms with Crippen molar-refractivity contribution in [1.29, 1.82) is 0 Å². The molecule has 4 aliphatic heterocycles. The summed E-state index contributed by atoms with van der Waals surface area (Å²) in [5.41, 5.74) is 14.2. The zero-order valence-electron chi connectivity index (χ0n) is 33.0. The van der Waals surface area contributed by atoms with Crippen molar-refractivity contribution in [3.8, 4) is 0 Å². The fourth-order valence-corrected chi connectivity index (χ4v) is 11.2. The largest absolute Gasteiger partial charge is 0.318 e. The van der Waals surface area contributed by atoms with Gasteiger partial charge in [-0.25, -0.2) is 9.97 Å². The van der Waals surface area contributed by atoms with Crippen molar-refractivity contribution in [2.75, 3.05) is 19.6 Å². The van der Waals surface area contributed by atoms with Gasteiger partial charge in [0.1, 0.15) is 12.3 Å². The Morgan fingerprint density at radius 2 is 1.14 bits per heavy atom. The van der Waals surface area contributed by atoms with Crippen LogP contribution in [-0.4, -0.2) is 22.3 Å². The predicted molar refractivity (Wildman–Crippen MR) is 230 cm³/mol. The van der Waals surface area contributed by atoms with Crippen LogP contribution in [-0.2, 0) is 29.1 Å². The van der Waals surface area contributed by atoms with Crippen molar-refractivity contribution in [3.63, 3.8) is 0 Å². The van der Waals surface area contributed by atoms with E-state index >= 15 is 0 Å². The van der Waals surface area contributed by atoms with Crippen molar-refractivity contribution >= 4 is 45.8 Å². The van der Waals surface area contributed by atoms with Crippen LogP contribution in [0.15, 0.2) is 134 Å². The molecule has 0 spiro atoms. The van der Waals surface area contributed by atoms with E-state index in [2.05, 4.69) is 188 Å². The third kappa shape index (κ3) is 4.62. The summed E-state index contributed by atoms with van der Waals surface area (Å²) in [6.07, 6.45) is 5.58. The number of para-hydroxylation sites is 4. The highest BCUT2D eigenvalue weighted by Gasteiger charge is 2.52. The highest BCUT2D eigenvalue weighted by molar-refractivity contribution is 5.90. The number of aromatic nitrogens is 2. The van der Waals surface area contributed by atoms with Crippen LogP contribution >= 0.6 is 0 Å². The smallest absolute Gasteiger partial charge is 0.178 e. The van der Waals surface area contributed by atoms with Gasteiger partial charge in [-0.3, -0.25) is 0 Å². The first-order valence-corrected chi connectivity index (χ1v) is 20.2. The quantitative estimate of drug-likeness (QED) is 0.164. The average Bonchev–Trinajstić information content (AvgIpc) is 3.83. The summed E-state index contributed by atoms with van der Waals surface area (Å²) in [5.74, 6) is 1.89. The molecule has 278 valence electrons. The molecule has 6 heteroatoms. The molecule has 5 heterocycles. The predicted octanol–water partition coefficient (Wildman–Crippen LogP) is 11.6. The first kappa shape index (κ1) is 33.5. The fraction of sp³-hybridized carbons (Fsp3) is 0.280. The Morgan fingerprint density at radius 3 is 1.82 bits per heavy atom. The fourth-order valence-electron chi connectivity index (χ4n) is 11.2. The van der Waals surface area contributed by atoms with Gasteiger partial charge in [-0.15, -0.1) is 6.58 Å². The number of fused-ring (bicyclic) bond motifs is 6. The zero-order chi connectivity index (χ0) is 38.1. The van der Waals surface area contributed by atoms with E-state index in [0.29, 0.717) is 0 Å². The molecular weight excluding hydrogens is 685 g/mol. The van der Waals surface area contributed by atoms with E-state index in [9.17, 15) is 0 Å². The van der Waals surface area contributed by atoms with Crippen molar-refractivity contribution in [1.82, 2.24) is 9.97 Å². The molecule has 0 fully saturated rings.